The predicted octanol–water partition coefficient (Wildman–Crippen LogP) is 13.8. The fraction of sp³-hybridized carbons (Fsp3) is 0.391. The van der Waals surface area contributed by atoms with Crippen molar-refractivity contribution in [2.45, 2.75) is 101 Å². The molecule has 2 aliphatic rings. The molecule has 0 aromatic heterocycles. The number of hydrogen-bond acceptors (Lipinski definition) is 0. The summed E-state index contributed by atoms with van der Waals surface area (Å²) in [5.41, 5.74) is 13.5. The average molecular weight is 948 g/mol. The first-order chi connectivity index (χ1) is 23.9. The number of fused-ring (bicyclic) bond motifs is 2. The van der Waals surface area contributed by atoms with Crippen molar-refractivity contribution in [2.24, 2.45) is 10.8 Å². The van der Waals surface area contributed by atoms with Crippen molar-refractivity contribution in [1.82, 2.24) is 0 Å². The molecule has 52 heavy (non-hydrogen) atoms. The summed E-state index contributed by atoms with van der Waals surface area (Å²) in [5.74, 6) is -1.73. The van der Waals surface area contributed by atoms with Gasteiger partial charge in [0.2, 0.25) is 0 Å². The standard InChI is InChI=1S/2C22H27Si.C2H7Si.2ClH.Hf/c2*1-22(2,3)17-14-16-10-9-12-18(20(16)15-17)19-11-7-8-13-21(19)23(4,5)6;1-3-2;;;/h2*7-15H,1-6H3;3H,1-2H3;2*1H;/q;;;;;+2/p-2. The molecule has 0 N–H and O–H groups in total. The molecule has 0 heterocycles. The fourth-order valence-electron chi connectivity index (χ4n) is 9.34. The quantitative estimate of drug-likeness (QED) is 0.162. The van der Waals surface area contributed by atoms with Gasteiger partial charge in [-0.25, -0.2) is 0 Å². The molecule has 2 atom stereocenters. The van der Waals surface area contributed by atoms with Crippen LogP contribution in [0.4, 0.5) is 0 Å². The molecule has 0 aliphatic heterocycles. The summed E-state index contributed by atoms with van der Waals surface area (Å²) >= 11 is -5.22. The van der Waals surface area contributed by atoms with Gasteiger partial charge in [0.1, 0.15) is 0 Å². The van der Waals surface area contributed by atoms with Crippen LogP contribution in [0.5, 0.6) is 0 Å². The van der Waals surface area contributed by atoms with E-state index >= 15 is 0 Å². The molecule has 0 saturated heterocycles. The van der Waals surface area contributed by atoms with Crippen LogP contribution in [0.25, 0.3) is 34.4 Å². The van der Waals surface area contributed by atoms with E-state index in [0.29, 0.717) is 0 Å². The predicted molar refractivity (Wildman–Crippen MR) is 241 cm³/mol. The Morgan fingerprint density at radius 1 is 0.500 bits per heavy atom. The SMILES string of the molecule is C[SiH](C)[Hf]([Cl])([Cl])([CH]1C(C(C)(C)C)=Cc2c(-c3ccccc3[Si](C)(C)C)cccc21)[CH]1C(C(C)(C)C)=Cc2c(-c3ccccc3[Si](C)(C)C)cccc21. The maximum atomic E-state index is 8.98. The minimum atomic E-state index is -5.22. The van der Waals surface area contributed by atoms with Gasteiger partial charge in [-0.3, -0.25) is 0 Å². The molecule has 2 unspecified atom stereocenters. The Hall–Kier alpha value is -1.54. The van der Waals surface area contributed by atoms with E-state index in [9.17, 15) is 0 Å². The van der Waals surface area contributed by atoms with Gasteiger partial charge in [-0.2, -0.15) is 0 Å². The monoisotopic (exact) mass is 947 g/mol. The van der Waals surface area contributed by atoms with Crippen molar-refractivity contribution in [3.05, 3.63) is 118 Å². The van der Waals surface area contributed by atoms with Gasteiger partial charge in [-0.1, -0.05) is 0 Å². The molecule has 6 heteroatoms. The third kappa shape index (κ3) is 6.61. The number of rotatable bonds is 7. The van der Waals surface area contributed by atoms with Crippen molar-refractivity contribution in [1.29, 1.82) is 0 Å². The van der Waals surface area contributed by atoms with Gasteiger partial charge < -0.3 is 0 Å². The van der Waals surface area contributed by atoms with E-state index in [2.05, 4.69) is 191 Å². The molecule has 0 bridgehead atoms. The van der Waals surface area contributed by atoms with E-state index < -0.39 is 37.4 Å². The second-order valence-electron chi connectivity index (χ2n) is 20.2. The van der Waals surface area contributed by atoms with Crippen LogP contribution < -0.4 is 10.4 Å². The summed E-state index contributed by atoms with van der Waals surface area (Å²) in [6, 6.07) is 32.4. The van der Waals surface area contributed by atoms with Crippen LogP contribution >= 0.6 is 17.2 Å². The molecular formula is C46H61Cl2HfSi3. The van der Waals surface area contributed by atoms with Crippen molar-refractivity contribution >= 4 is 61.8 Å². The molecule has 0 spiro atoms. The zero-order valence-electron chi connectivity index (χ0n) is 34.2. The van der Waals surface area contributed by atoms with E-state index in [1.807, 2.05) is 0 Å². The Bertz CT molecular complexity index is 1970. The Kier molecular flexibility index (Phi) is 10.3. The van der Waals surface area contributed by atoms with Crippen LogP contribution in [0.1, 0.15) is 71.1 Å². The number of benzene rings is 4. The fourth-order valence-corrected chi connectivity index (χ4v) is 57.1. The first-order valence-corrected chi connectivity index (χ1v) is 48.5. The molecule has 275 valence electrons. The third-order valence-corrected chi connectivity index (χ3v) is 88.6. The molecule has 4 aromatic rings. The summed E-state index contributed by atoms with van der Waals surface area (Å²) in [4.78, 5) is 0. The van der Waals surface area contributed by atoms with Gasteiger partial charge in [0.25, 0.3) is 0 Å². The zero-order chi connectivity index (χ0) is 38.4. The van der Waals surface area contributed by atoms with Crippen LogP contribution in [0, 0.1) is 10.8 Å². The van der Waals surface area contributed by atoms with Crippen molar-refractivity contribution in [2.75, 3.05) is 0 Å². The van der Waals surface area contributed by atoms with E-state index in [-0.39, 0.29) is 18.2 Å². The van der Waals surface area contributed by atoms with Crippen LogP contribution in [-0.2, 0) is 15.3 Å². The Labute approximate surface area is 327 Å². The van der Waals surface area contributed by atoms with Crippen LogP contribution in [0.3, 0.4) is 0 Å². The topological polar surface area (TPSA) is 0 Å². The number of hydrogen-bond donors (Lipinski definition) is 0. The van der Waals surface area contributed by atoms with Crippen LogP contribution in [0.2, 0.25) is 52.4 Å². The Morgan fingerprint density at radius 2 is 0.827 bits per heavy atom. The Morgan fingerprint density at radius 3 is 1.13 bits per heavy atom. The van der Waals surface area contributed by atoms with Gasteiger partial charge in [0.15, 0.2) is 0 Å². The third-order valence-electron chi connectivity index (χ3n) is 12.1. The van der Waals surface area contributed by atoms with E-state index in [1.54, 1.807) is 0 Å². The van der Waals surface area contributed by atoms with Gasteiger partial charge in [-0.05, 0) is 0 Å². The molecule has 6 rings (SSSR count). The first kappa shape index (κ1) is 40.1. The summed E-state index contributed by atoms with van der Waals surface area (Å²) in [6.45, 7) is 34.0. The van der Waals surface area contributed by atoms with Gasteiger partial charge in [0.05, 0.1) is 0 Å². The molecule has 0 fully saturated rings. The number of halogens is 2. The summed E-state index contributed by atoms with van der Waals surface area (Å²) in [7, 11) is 14.7. The van der Waals surface area contributed by atoms with Gasteiger partial charge in [-0.15, -0.1) is 0 Å². The first-order valence-electron chi connectivity index (χ1n) is 19.4. The molecule has 2 aliphatic carbocycles. The molecule has 4 aromatic carbocycles. The molecule has 0 nitrogen and oxygen atoms in total. The van der Waals surface area contributed by atoms with Crippen molar-refractivity contribution in [3.63, 3.8) is 0 Å². The minimum absolute atomic E-state index is 0.0422. The van der Waals surface area contributed by atoms with E-state index in [0.717, 1.165) is 0 Å². The summed E-state index contributed by atoms with van der Waals surface area (Å²) in [5, 5.41) is 3.01. The van der Waals surface area contributed by atoms with Gasteiger partial charge in [0, 0.05) is 0 Å². The molecule has 0 radical (unpaired) electrons. The van der Waals surface area contributed by atoms with Crippen LogP contribution in [0.15, 0.2) is 96.1 Å². The van der Waals surface area contributed by atoms with Crippen molar-refractivity contribution < 1.29 is 15.3 Å². The molecule has 0 amide bonds. The van der Waals surface area contributed by atoms with Crippen molar-refractivity contribution in [3.8, 4) is 22.3 Å². The molecular weight excluding hydrogens is 886 g/mol. The van der Waals surface area contributed by atoms with Crippen LogP contribution in [-0.4, -0.2) is 22.1 Å². The van der Waals surface area contributed by atoms with E-state index in [1.165, 1.54) is 66.0 Å². The summed E-state index contributed by atoms with van der Waals surface area (Å²) in [6.07, 6.45) is 5.09. The van der Waals surface area contributed by atoms with Gasteiger partial charge >= 0.3 is 330 Å². The second kappa shape index (κ2) is 13.3. The number of allylic oxidation sites excluding steroid dienone is 2. The molecule has 0 saturated carbocycles. The normalized spacial score (nSPS) is 18.8. The average Bonchev–Trinajstić information content (AvgIpc) is 3.65. The second-order valence-corrected chi connectivity index (χ2v) is 89.5. The van der Waals surface area contributed by atoms with E-state index in [4.69, 9.17) is 17.2 Å². The Balaban J connectivity index is 1.68. The summed E-state index contributed by atoms with van der Waals surface area (Å²) < 4.78 is 0.0845. The maximum absolute atomic E-state index is 8.98. The zero-order valence-corrected chi connectivity index (χ0v) is 42.5.